The van der Waals surface area contributed by atoms with Crippen molar-refractivity contribution in [3.8, 4) is 0 Å². The van der Waals surface area contributed by atoms with Crippen LogP contribution in [0.2, 0.25) is 0 Å². The lowest BCUT2D eigenvalue weighted by atomic mass is 10.2. The molecule has 0 atom stereocenters. The lowest BCUT2D eigenvalue weighted by Gasteiger charge is -2.06. The van der Waals surface area contributed by atoms with Crippen molar-refractivity contribution in [2.24, 2.45) is 0 Å². The summed E-state index contributed by atoms with van der Waals surface area (Å²) in [6, 6.07) is 9.55. The zero-order chi connectivity index (χ0) is 15.1. The fourth-order valence-corrected chi connectivity index (χ4v) is 1.72. The third-order valence-electron chi connectivity index (χ3n) is 2.90. The van der Waals surface area contributed by atoms with Crippen molar-refractivity contribution < 1.29 is 9.21 Å². The van der Waals surface area contributed by atoms with Crippen LogP contribution in [0.4, 0.5) is 4.79 Å². The molecule has 0 aliphatic heterocycles. The summed E-state index contributed by atoms with van der Waals surface area (Å²) in [5, 5.41) is 13.4. The Balaban J connectivity index is 1.67. The van der Waals surface area contributed by atoms with Gasteiger partial charge in [0.1, 0.15) is 0 Å². The number of hydrogen-bond acceptors (Lipinski definition) is 4. The summed E-state index contributed by atoms with van der Waals surface area (Å²) in [5.41, 5.74) is 1.06. The van der Waals surface area contributed by atoms with Gasteiger partial charge in [-0.25, -0.2) is 4.79 Å². The van der Waals surface area contributed by atoms with Gasteiger partial charge in [-0.2, -0.15) is 0 Å². The van der Waals surface area contributed by atoms with Gasteiger partial charge in [-0.1, -0.05) is 44.2 Å². The number of carbonyl (C=O) groups is 1. The van der Waals surface area contributed by atoms with Gasteiger partial charge in [0.25, 0.3) is 0 Å². The summed E-state index contributed by atoms with van der Waals surface area (Å²) in [4.78, 5) is 11.6. The van der Waals surface area contributed by atoms with E-state index >= 15 is 0 Å². The van der Waals surface area contributed by atoms with E-state index in [1.54, 1.807) is 0 Å². The first-order chi connectivity index (χ1) is 10.1. The average molecular weight is 288 g/mol. The Morgan fingerprint density at radius 2 is 1.95 bits per heavy atom. The summed E-state index contributed by atoms with van der Waals surface area (Å²) in [6.07, 6.45) is 0.526. The number of carbonyl (C=O) groups excluding carboxylic acids is 1. The van der Waals surface area contributed by atoms with Crippen LogP contribution in [0.15, 0.2) is 34.7 Å². The Bertz CT molecular complexity index is 566. The topological polar surface area (TPSA) is 80.0 Å². The molecule has 0 aliphatic carbocycles. The molecule has 2 amide bonds. The summed E-state index contributed by atoms with van der Waals surface area (Å²) in [5.74, 6) is 1.38. The van der Waals surface area contributed by atoms with Gasteiger partial charge in [-0.05, 0) is 5.56 Å². The van der Waals surface area contributed by atoms with Crippen LogP contribution < -0.4 is 10.6 Å². The minimum absolute atomic E-state index is 0.206. The van der Waals surface area contributed by atoms with E-state index < -0.39 is 0 Å². The Labute approximate surface area is 124 Å². The van der Waals surface area contributed by atoms with Gasteiger partial charge in [0.05, 0.1) is 0 Å². The van der Waals surface area contributed by atoms with E-state index in [-0.39, 0.29) is 11.9 Å². The molecule has 21 heavy (non-hydrogen) atoms. The summed E-state index contributed by atoms with van der Waals surface area (Å²) in [7, 11) is 0. The summed E-state index contributed by atoms with van der Waals surface area (Å²) in [6.45, 7) is 4.95. The third kappa shape index (κ3) is 4.91. The molecule has 6 heteroatoms. The fraction of sp³-hybridized carbons (Fsp3) is 0.400. The summed E-state index contributed by atoms with van der Waals surface area (Å²) >= 11 is 0. The van der Waals surface area contributed by atoms with E-state index in [4.69, 9.17) is 4.42 Å². The maximum Gasteiger partial charge on any atom is 0.315 e. The highest BCUT2D eigenvalue weighted by Gasteiger charge is 2.09. The lowest BCUT2D eigenvalue weighted by molar-refractivity contribution is 0.240. The molecule has 1 aromatic heterocycles. The molecule has 0 saturated carbocycles. The van der Waals surface area contributed by atoms with E-state index in [9.17, 15) is 4.79 Å². The van der Waals surface area contributed by atoms with E-state index in [0.717, 1.165) is 5.56 Å². The molecule has 0 radical (unpaired) electrons. The van der Waals surface area contributed by atoms with E-state index in [1.165, 1.54) is 0 Å². The Morgan fingerprint density at radius 1 is 1.19 bits per heavy atom. The Kier molecular flexibility index (Phi) is 5.31. The van der Waals surface area contributed by atoms with Crippen LogP contribution in [0, 0.1) is 0 Å². The highest BCUT2D eigenvalue weighted by Crippen LogP contribution is 2.11. The molecule has 112 valence electrons. The minimum Gasteiger partial charge on any atom is -0.425 e. The van der Waals surface area contributed by atoms with Crippen molar-refractivity contribution in [3.05, 3.63) is 47.7 Å². The minimum atomic E-state index is -0.206. The van der Waals surface area contributed by atoms with Gasteiger partial charge in [0.2, 0.25) is 11.8 Å². The molecule has 1 heterocycles. The van der Waals surface area contributed by atoms with E-state index in [2.05, 4.69) is 20.8 Å². The SMILES string of the molecule is CC(C)c1nnc(CCNC(=O)NCc2ccccc2)o1. The van der Waals surface area contributed by atoms with Crippen LogP contribution >= 0.6 is 0 Å². The second kappa shape index (κ2) is 7.42. The third-order valence-corrected chi connectivity index (χ3v) is 2.90. The maximum atomic E-state index is 11.6. The Hall–Kier alpha value is -2.37. The van der Waals surface area contributed by atoms with E-state index in [1.807, 2.05) is 44.2 Å². The molecule has 0 fully saturated rings. The van der Waals surface area contributed by atoms with Gasteiger partial charge in [0, 0.05) is 25.4 Å². The van der Waals surface area contributed by atoms with Crippen LogP contribution in [0.25, 0.3) is 0 Å². The van der Waals surface area contributed by atoms with Gasteiger partial charge in [-0.15, -0.1) is 10.2 Å². The number of rotatable bonds is 6. The highest BCUT2D eigenvalue weighted by molar-refractivity contribution is 5.73. The van der Waals surface area contributed by atoms with Gasteiger partial charge >= 0.3 is 6.03 Å². The van der Waals surface area contributed by atoms with Crippen molar-refractivity contribution in [2.45, 2.75) is 32.7 Å². The molecule has 0 spiro atoms. The monoisotopic (exact) mass is 288 g/mol. The molecule has 1 aromatic carbocycles. The summed E-state index contributed by atoms with van der Waals surface area (Å²) < 4.78 is 5.46. The van der Waals surface area contributed by atoms with Crippen molar-refractivity contribution in [3.63, 3.8) is 0 Å². The molecule has 0 aliphatic rings. The van der Waals surface area contributed by atoms with Gasteiger partial charge < -0.3 is 15.1 Å². The normalized spacial score (nSPS) is 10.6. The van der Waals surface area contributed by atoms with Crippen LogP contribution in [0.5, 0.6) is 0 Å². The second-order valence-electron chi connectivity index (χ2n) is 5.03. The quantitative estimate of drug-likeness (QED) is 0.854. The van der Waals surface area contributed by atoms with Crippen molar-refractivity contribution in [1.82, 2.24) is 20.8 Å². The maximum absolute atomic E-state index is 11.6. The van der Waals surface area contributed by atoms with Crippen molar-refractivity contribution in [1.29, 1.82) is 0 Å². The fourth-order valence-electron chi connectivity index (χ4n) is 1.72. The first-order valence-electron chi connectivity index (χ1n) is 7.03. The number of nitrogens with one attached hydrogen (secondary N) is 2. The number of amides is 2. The predicted octanol–water partition coefficient (Wildman–Crippen LogP) is 2.23. The van der Waals surface area contributed by atoms with Crippen molar-refractivity contribution >= 4 is 6.03 Å². The van der Waals surface area contributed by atoms with Crippen molar-refractivity contribution in [2.75, 3.05) is 6.54 Å². The van der Waals surface area contributed by atoms with Crippen LogP contribution in [0.3, 0.4) is 0 Å². The zero-order valence-corrected chi connectivity index (χ0v) is 12.3. The molecular formula is C15H20N4O2. The Morgan fingerprint density at radius 3 is 2.62 bits per heavy atom. The van der Waals surface area contributed by atoms with Gasteiger partial charge in [0.15, 0.2) is 0 Å². The zero-order valence-electron chi connectivity index (χ0n) is 12.3. The molecule has 2 aromatic rings. The predicted molar refractivity (Wildman–Crippen MR) is 78.8 cm³/mol. The molecule has 6 nitrogen and oxygen atoms in total. The van der Waals surface area contributed by atoms with Gasteiger partial charge in [-0.3, -0.25) is 0 Å². The number of urea groups is 1. The first kappa shape index (κ1) is 15.0. The van der Waals surface area contributed by atoms with Crippen LogP contribution in [0.1, 0.15) is 37.1 Å². The smallest absolute Gasteiger partial charge is 0.315 e. The second-order valence-corrected chi connectivity index (χ2v) is 5.03. The van der Waals surface area contributed by atoms with E-state index in [0.29, 0.717) is 31.3 Å². The lowest BCUT2D eigenvalue weighted by Crippen LogP contribution is -2.36. The number of nitrogens with zero attached hydrogens (tertiary/aromatic N) is 2. The molecule has 0 bridgehead atoms. The van der Waals surface area contributed by atoms with Crippen LogP contribution in [-0.2, 0) is 13.0 Å². The standard InChI is InChI=1S/C15H20N4O2/c1-11(2)14-19-18-13(21-14)8-9-16-15(20)17-10-12-6-4-3-5-7-12/h3-7,11H,8-10H2,1-2H3,(H2,16,17,20). The largest absolute Gasteiger partial charge is 0.425 e. The average Bonchev–Trinajstić information content (AvgIpc) is 2.95. The molecule has 2 N–H and O–H groups in total. The molecule has 2 rings (SSSR count). The number of hydrogen-bond donors (Lipinski definition) is 2. The van der Waals surface area contributed by atoms with Crippen LogP contribution in [-0.4, -0.2) is 22.8 Å². The number of benzene rings is 1. The molecular weight excluding hydrogens is 268 g/mol. The molecule has 0 saturated heterocycles. The molecule has 0 unspecified atom stereocenters. The highest BCUT2D eigenvalue weighted by atomic mass is 16.4. The number of aromatic nitrogens is 2. The first-order valence-corrected chi connectivity index (χ1v) is 7.03.